The Morgan fingerprint density at radius 2 is 1.14 bits per heavy atom. The smallest absolute Gasteiger partial charge is 0.142 e. The Balaban J connectivity index is 1.29. The molecule has 63 heavy (non-hydrogen) atoms. The molecule has 0 radical (unpaired) electrons. The third kappa shape index (κ3) is 10.3. The highest BCUT2D eigenvalue weighted by molar-refractivity contribution is 5.99. The minimum atomic E-state index is -0.668. The van der Waals surface area contributed by atoms with Crippen molar-refractivity contribution in [2.75, 3.05) is 105 Å². The first-order chi connectivity index (χ1) is 30.8. The first kappa shape index (κ1) is 45.9. The third-order valence-corrected chi connectivity index (χ3v) is 11.9. The number of benzene rings is 6. The SMILES string of the molecule is COCCOCCOCCOc1ccc(C2(c3ccc(COCCOCCOCCO)c(C)c3)c3cc(C)ccc3-c3ccc(-c4cccc5c(C)cccc45)cc32)cc1N(C)C. The summed E-state index contributed by atoms with van der Waals surface area (Å²) in [6.07, 6.45) is 0. The first-order valence-corrected chi connectivity index (χ1v) is 22.1. The maximum atomic E-state index is 8.92. The predicted octanol–water partition coefficient (Wildman–Crippen LogP) is 9.46. The summed E-state index contributed by atoms with van der Waals surface area (Å²) < 4.78 is 40.0. The molecule has 0 heterocycles. The fourth-order valence-electron chi connectivity index (χ4n) is 8.79. The second kappa shape index (κ2) is 22.0. The average Bonchev–Trinajstić information content (AvgIpc) is 3.57. The van der Waals surface area contributed by atoms with Crippen LogP contribution >= 0.6 is 0 Å². The normalized spacial score (nSPS) is 14.3. The van der Waals surface area contributed by atoms with Gasteiger partial charge in [-0.3, -0.25) is 0 Å². The van der Waals surface area contributed by atoms with Crippen LogP contribution in [0.15, 0.2) is 109 Å². The van der Waals surface area contributed by atoms with Crippen molar-refractivity contribution in [2.24, 2.45) is 0 Å². The van der Waals surface area contributed by atoms with Crippen LogP contribution in [-0.2, 0) is 40.4 Å². The van der Waals surface area contributed by atoms with Crippen LogP contribution < -0.4 is 9.64 Å². The van der Waals surface area contributed by atoms with Crippen LogP contribution in [-0.4, -0.2) is 106 Å². The van der Waals surface area contributed by atoms with Gasteiger partial charge in [-0.1, -0.05) is 96.6 Å². The number of fused-ring (bicyclic) bond motifs is 4. The number of aliphatic hydroxyl groups excluding tert-OH is 1. The average molecular weight is 854 g/mol. The summed E-state index contributed by atoms with van der Waals surface area (Å²) in [6.45, 7) is 12.2. The Bertz CT molecular complexity index is 2450. The van der Waals surface area contributed by atoms with Gasteiger partial charge in [0.2, 0.25) is 0 Å². The summed E-state index contributed by atoms with van der Waals surface area (Å²) in [5.74, 6) is 0.798. The van der Waals surface area contributed by atoms with Crippen LogP contribution in [0.1, 0.15) is 44.5 Å². The van der Waals surface area contributed by atoms with E-state index in [-0.39, 0.29) is 6.61 Å². The van der Waals surface area contributed by atoms with Crippen molar-refractivity contribution in [3.63, 3.8) is 0 Å². The molecule has 6 aromatic rings. The summed E-state index contributed by atoms with van der Waals surface area (Å²) in [5.41, 5.74) is 14.8. The number of aryl methyl sites for hydroxylation is 3. The number of hydrogen-bond donors (Lipinski definition) is 1. The molecule has 0 amide bonds. The van der Waals surface area contributed by atoms with Crippen LogP contribution in [0, 0.1) is 20.8 Å². The standard InChI is InChI=1S/C54H63NO8/c1-38-13-18-48-49-19-15-41(46-11-8-10-45-39(2)9-7-12-47(45)46)35-51(49)54(50(48)33-38,43-16-14-42(40(3)34-43)37-62-30-29-60-26-25-58-22-21-56)44-17-20-53(52(36-44)55(4)5)63-32-31-61-28-27-59-24-23-57-6/h7-20,33-36,56H,21-32,37H2,1-6H3. The lowest BCUT2D eigenvalue weighted by atomic mass is 9.66. The largest absolute Gasteiger partial charge is 0.489 e. The molecular formula is C54H63NO8. The minimum Gasteiger partial charge on any atom is -0.489 e. The molecule has 9 heteroatoms. The van der Waals surface area contributed by atoms with Crippen molar-refractivity contribution in [1.82, 2.24) is 0 Å². The molecule has 0 saturated heterocycles. The molecule has 1 unspecified atom stereocenters. The Kier molecular flexibility index (Phi) is 16.0. The maximum absolute atomic E-state index is 8.92. The molecular weight excluding hydrogens is 791 g/mol. The second-order valence-electron chi connectivity index (χ2n) is 16.3. The zero-order chi connectivity index (χ0) is 44.2. The summed E-state index contributed by atoms with van der Waals surface area (Å²) >= 11 is 0. The summed E-state index contributed by atoms with van der Waals surface area (Å²) in [6, 6.07) is 40.8. The maximum Gasteiger partial charge on any atom is 0.142 e. The van der Waals surface area contributed by atoms with Gasteiger partial charge < -0.3 is 43.2 Å². The first-order valence-electron chi connectivity index (χ1n) is 22.1. The van der Waals surface area contributed by atoms with E-state index in [4.69, 9.17) is 38.3 Å². The predicted molar refractivity (Wildman–Crippen MR) is 253 cm³/mol. The van der Waals surface area contributed by atoms with E-state index in [0.717, 1.165) is 28.1 Å². The molecule has 7 rings (SSSR count). The van der Waals surface area contributed by atoms with Crippen molar-refractivity contribution in [2.45, 2.75) is 32.8 Å². The molecule has 332 valence electrons. The Morgan fingerprint density at radius 3 is 1.86 bits per heavy atom. The highest BCUT2D eigenvalue weighted by Gasteiger charge is 2.47. The molecule has 1 aliphatic carbocycles. The van der Waals surface area contributed by atoms with Gasteiger partial charge in [0, 0.05) is 21.2 Å². The van der Waals surface area contributed by atoms with Gasteiger partial charge in [-0.15, -0.1) is 0 Å². The highest BCUT2D eigenvalue weighted by Crippen LogP contribution is 2.58. The van der Waals surface area contributed by atoms with Crippen LogP contribution in [0.3, 0.4) is 0 Å². The molecule has 1 aliphatic rings. The van der Waals surface area contributed by atoms with Crippen molar-refractivity contribution < 1.29 is 38.3 Å². The van der Waals surface area contributed by atoms with Crippen molar-refractivity contribution >= 4 is 16.5 Å². The number of ether oxygens (including phenoxy) is 7. The molecule has 0 spiro atoms. The molecule has 0 fully saturated rings. The van der Waals surface area contributed by atoms with Gasteiger partial charge in [-0.05, 0) is 111 Å². The molecule has 0 bridgehead atoms. The van der Waals surface area contributed by atoms with E-state index in [1.807, 2.05) is 0 Å². The van der Waals surface area contributed by atoms with Gasteiger partial charge in [-0.25, -0.2) is 0 Å². The molecule has 0 aromatic heterocycles. The molecule has 9 nitrogen and oxygen atoms in total. The summed E-state index contributed by atoms with van der Waals surface area (Å²) in [5, 5.41) is 11.4. The van der Waals surface area contributed by atoms with E-state index in [1.54, 1.807) is 7.11 Å². The zero-order valence-corrected chi connectivity index (χ0v) is 37.8. The second-order valence-corrected chi connectivity index (χ2v) is 16.3. The molecule has 0 aliphatic heterocycles. The van der Waals surface area contributed by atoms with Gasteiger partial charge in [0.15, 0.2) is 0 Å². The lowest BCUT2D eigenvalue weighted by Crippen LogP contribution is -2.29. The van der Waals surface area contributed by atoms with Gasteiger partial charge in [-0.2, -0.15) is 0 Å². The van der Waals surface area contributed by atoms with E-state index in [2.05, 4.69) is 149 Å². The quantitative estimate of drug-likeness (QED) is 0.0598. The van der Waals surface area contributed by atoms with E-state index in [0.29, 0.717) is 79.3 Å². The van der Waals surface area contributed by atoms with Crippen molar-refractivity contribution in [3.05, 3.63) is 154 Å². The number of anilines is 1. The van der Waals surface area contributed by atoms with E-state index < -0.39 is 5.41 Å². The molecule has 0 saturated carbocycles. The number of aliphatic hydroxyl groups is 1. The Labute approximate surface area is 373 Å². The number of rotatable bonds is 24. The third-order valence-electron chi connectivity index (χ3n) is 11.9. The summed E-state index contributed by atoms with van der Waals surface area (Å²) in [7, 11) is 5.81. The van der Waals surface area contributed by atoms with Crippen LogP contribution in [0.25, 0.3) is 33.0 Å². The number of hydrogen-bond acceptors (Lipinski definition) is 9. The van der Waals surface area contributed by atoms with Crippen molar-refractivity contribution in [3.8, 4) is 28.0 Å². The number of nitrogens with zero attached hydrogens (tertiary/aromatic N) is 1. The highest BCUT2D eigenvalue weighted by atomic mass is 16.6. The van der Waals surface area contributed by atoms with Gasteiger partial charge in [0.05, 0.1) is 90.4 Å². The van der Waals surface area contributed by atoms with Gasteiger partial charge in [0.25, 0.3) is 0 Å². The number of methoxy groups -OCH3 is 1. The molecule has 6 aromatic carbocycles. The van der Waals surface area contributed by atoms with E-state index >= 15 is 0 Å². The fraction of sp³-hybridized carbons (Fsp3) is 0.370. The van der Waals surface area contributed by atoms with Crippen LogP contribution in [0.5, 0.6) is 5.75 Å². The topological polar surface area (TPSA) is 88.1 Å². The van der Waals surface area contributed by atoms with Gasteiger partial charge in [0.1, 0.15) is 12.4 Å². The Hall–Kier alpha value is -5.10. The molecule has 1 atom stereocenters. The fourth-order valence-corrected chi connectivity index (χ4v) is 8.79. The minimum absolute atomic E-state index is 0.00946. The van der Waals surface area contributed by atoms with E-state index in [9.17, 15) is 0 Å². The van der Waals surface area contributed by atoms with Gasteiger partial charge >= 0.3 is 0 Å². The Morgan fingerprint density at radius 1 is 0.524 bits per heavy atom. The van der Waals surface area contributed by atoms with Crippen LogP contribution in [0.2, 0.25) is 0 Å². The zero-order valence-electron chi connectivity index (χ0n) is 37.8. The van der Waals surface area contributed by atoms with Crippen LogP contribution in [0.4, 0.5) is 5.69 Å². The lowest BCUT2D eigenvalue weighted by molar-refractivity contribution is 0.00444. The van der Waals surface area contributed by atoms with Crippen molar-refractivity contribution in [1.29, 1.82) is 0 Å². The monoisotopic (exact) mass is 853 g/mol. The van der Waals surface area contributed by atoms with E-state index in [1.165, 1.54) is 60.8 Å². The summed E-state index contributed by atoms with van der Waals surface area (Å²) in [4.78, 5) is 2.14. The lowest BCUT2D eigenvalue weighted by Gasteiger charge is -2.36. The molecule has 1 N–H and O–H groups in total.